The maximum Gasteiger partial charge on any atom is 0.317 e. The number of urea groups is 1. The zero-order valence-corrected chi connectivity index (χ0v) is 15.4. The van der Waals surface area contributed by atoms with Crippen LogP contribution in [-0.2, 0) is 6.42 Å². The van der Waals surface area contributed by atoms with Crippen LogP contribution in [0.25, 0.3) is 0 Å². The predicted molar refractivity (Wildman–Crippen MR) is 106 cm³/mol. The summed E-state index contributed by atoms with van der Waals surface area (Å²) >= 11 is 1.96. The topological polar surface area (TPSA) is 32.3 Å². The van der Waals surface area contributed by atoms with Gasteiger partial charge in [-0.15, -0.1) is 0 Å². The molecule has 0 bridgehead atoms. The molecule has 2 aromatic rings. The SMILES string of the molecule is O=C(NCCCc1ccccc1)N1CCSC(c2ccccc2)CC1. The average molecular weight is 355 g/mol. The van der Waals surface area contributed by atoms with Gasteiger partial charge >= 0.3 is 6.03 Å². The first-order valence-corrected chi connectivity index (χ1v) is 10.1. The number of aryl methyl sites for hydroxylation is 1. The highest BCUT2D eigenvalue weighted by Gasteiger charge is 2.21. The van der Waals surface area contributed by atoms with Gasteiger partial charge in [-0.05, 0) is 30.4 Å². The molecule has 1 fully saturated rings. The molecular formula is C21H26N2OS. The number of nitrogens with zero attached hydrogens (tertiary/aromatic N) is 1. The molecule has 1 atom stereocenters. The van der Waals surface area contributed by atoms with E-state index in [0.717, 1.165) is 44.6 Å². The van der Waals surface area contributed by atoms with Crippen LogP contribution < -0.4 is 5.32 Å². The maximum atomic E-state index is 12.4. The first-order valence-electron chi connectivity index (χ1n) is 9.06. The van der Waals surface area contributed by atoms with Crippen molar-refractivity contribution in [3.63, 3.8) is 0 Å². The number of carbonyl (C=O) groups excluding carboxylic acids is 1. The van der Waals surface area contributed by atoms with E-state index in [0.29, 0.717) is 5.25 Å². The lowest BCUT2D eigenvalue weighted by Crippen LogP contribution is -2.41. The number of amides is 2. The largest absolute Gasteiger partial charge is 0.338 e. The first kappa shape index (κ1) is 17.9. The predicted octanol–water partition coefficient (Wildman–Crippen LogP) is 4.51. The van der Waals surface area contributed by atoms with Gasteiger partial charge in [0, 0.05) is 30.6 Å². The second-order valence-electron chi connectivity index (χ2n) is 6.37. The molecule has 0 aromatic heterocycles. The normalized spacial score (nSPS) is 17.8. The van der Waals surface area contributed by atoms with Crippen LogP contribution in [0.15, 0.2) is 60.7 Å². The Kier molecular flexibility index (Phi) is 6.80. The molecule has 1 saturated heterocycles. The highest BCUT2D eigenvalue weighted by atomic mass is 32.2. The number of hydrogen-bond acceptors (Lipinski definition) is 2. The van der Waals surface area contributed by atoms with Gasteiger partial charge in [-0.3, -0.25) is 0 Å². The molecule has 3 nitrogen and oxygen atoms in total. The summed E-state index contributed by atoms with van der Waals surface area (Å²) in [5.41, 5.74) is 2.70. The summed E-state index contributed by atoms with van der Waals surface area (Å²) in [6.07, 6.45) is 3.00. The lowest BCUT2D eigenvalue weighted by Gasteiger charge is -2.21. The fourth-order valence-corrected chi connectivity index (χ4v) is 4.38. The Balaban J connectivity index is 1.40. The molecule has 2 aromatic carbocycles. The quantitative estimate of drug-likeness (QED) is 0.801. The van der Waals surface area contributed by atoms with E-state index in [1.165, 1.54) is 11.1 Å². The summed E-state index contributed by atoms with van der Waals surface area (Å²) in [5.74, 6) is 0.997. The Morgan fingerprint density at radius 2 is 1.76 bits per heavy atom. The standard InChI is InChI=1S/C21H26N2OS/c24-21(22-14-7-10-18-8-3-1-4-9-18)23-15-13-20(25-17-16-23)19-11-5-2-6-12-19/h1-6,8-9,11-12,20H,7,10,13-17H2,(H,22,24). The highest BCUT2D eigenvalue weighted by Crippen LogP contribution is 2.34. The van der Waals surface area contributed by atoms with Gasteiger partial charge in [-0.25, -0.2) is 4.79 Å². The van der Waals surface area contributed by atoms with Crippen molar-refractivity contribution in [2.24, 2.45) is 0 Å². The van der Waals surface area contributed by atoms with Crippen LogP contribution in [-0.4, -0.2) is 36.3 Å². The Morgan fingerprint density at radius 1 is 1.04 bits per heavy atom. The van der Waals surface area contributed by atoms with Crippen LogP contribution in [0.5, 0.6) is 0 Å². The van der Waals surface area contributed by atoms with Crippen molar-refractivity contribution in [2.45, 2.75) is 24.5 Å². The molecule has 25 heavy (non-hydrogen) atoms. The molecule has 1 aliphatic heterocycles. The van der Waals surface area contributed by atoms with Crippen LogP contribution in [0.4, 0.5) is 4.79 Å². The monoisotopic (exact) mass is 354 g/mol. The van der Waals surface area contributed by atoms with E-state index >= 15 is 0 Å². The van der Waals surface area contributed by atoms with E-state index in [1.54, 1.807) is 0 Å². The molecule has 0 radical (unpaired) electrons. The van der Waals surface area contributed by atoms with Crippen molar-refractivity contribution in [2.75, 3.05) is 25.4 Å². The third-order valence-corrected chi connectivity index (χ3v) is 5.89. The lowest BCUT2D eigenvalue weighted by molar-refractivity contribution is 0.201. The molecule has 1 heterocycles. The van der Waals surface area contributed by atoms with Crippen molar-refractivity contribution >= 4 is 17.8 Å². The molecular weight excluding hydrogens is 328 g/mol. The highest BCUT2D eigenvalue weighted by molar-refractivity contribution is 7.99. The van der Waals surface area contributed by atoms with Gasteiger partial charge in [0.1, 0.15) is 0 Å². The van der Waals surface area contributed by atoms with Crippen molar-refractivity contribution in [3.05, 3.63) is 71.8 Å². The minimum atomic E-state index is 0.0855. The fraction of sp³-hybridized carbons (Fsp3) is 0.381. The molecule has 1 aliphatic rings. The first-order chi connectivity index (χ1) is 12.3. The van der Waals surface area contributed by atoms with Crippen molar-refractivity contribution in [1.82, 2.24) is 10.2 Å². The van der Waals surface area contributed by atoms with Gasteiger partial charge < -0.3 is 10.2 Å². The Bertz CT molecular complexity index is 647. The van der Waals surface area contributed by atoms with E-state index in [-0.39, 0.29) is 6.03 Å². The minimum Gasteiger partial charge on any atom is -0.338 e. The van der Waals surface area contributed by atoms with Crippen molar-refractivity contribution in [3.8, 4) is 0 Å². The van der Waals surface area contributed by atoms with Crippen LogP contribution in [0, 0.1) is 0 Å². The number of nitrogens with one attached hydrogen (secondary N) is 1. The second-order valence-corrected chi connectivity index (χ2v) is 7.68. The summed E-state index contributed by atoms with van der Waals surface area (Å²) in [7, 11) is 0. The summed E-state index contributed by atoms with van der Waals surface area (Å²) in [5, 5.41) is 3.58. The summed E-state index contributed by atoms with van der Waals surface area (Å²) < 4.78 is 0. The maximum absolute atomic E-state index is 12.4. The lowest BCUT2D eigenvalue weighted by atomic mass is 10.1. The van der Waals surface area contributed by atoms with Gasteiger partial charge in [-0.1, -0.05) is 60.7 Å². The van der Waals surface area contributed by atoms with Crippen LogP contribution in [0.1, 0.15) is 29.2 Å². The third kappa shape index (κ3) is 5.53. The van der Waals surface area contributed by atoms with E-state index in [4.69, 9.17) is 0 Å². The number of carbonyl (C=O) groups is 1. The van der Waals surface area contributed by atoms with Crippen LogP contribution in [0.3, 0.4) is 0 Å². The smallest absolute Gasteiger partial charge is 0.317 e. The zero-order chi connectivity index (χ0) is 17.3. The molecule has 0 aliphatic carbocycles. The van der Waals surface area contributed by atoms with Gasteiger partial charge in [0.25, 0.3) is 0 Å². The Morgan fingerprint density at radius 3 is 2.52 bits per heavy atom. The van der Waals surface area contributed by atoms with Gasteiger partial charge in [0.05, 0.1) is 0 Å². The minimum absolute atomic E-state index is 0.0855. The Hall–Kier alpha value is -1.94. The summed E-state index contributed by atoms with van der Waals surface area (Å²) in [6, 6.07) is 21.1. The molecule has 132 valence electrons. The molecule has 1 N–H and O–H groups in total. The van der Waals surface area contributed by atoms with Crippen LogP contribution >= 0.6 is 11.8 Å². The molecule has 4 heteroatoms. The fourth-order valence-electron chi connectivity index (χ4n) is 3.15. The zero-order valence-electron chi connectivity index (χ0n) is 14.6. The van der Waals surface area contributed by atoms with Crippen molar-refractivity contribution < 1.29 is 4.79 Å². The van der Waals surface area contributed by atoms with E-state index in [9.17, 15) is 4.79 Å². The Labute approximate surface area is 154 Å². The van der Waals surface area contributed by atoms with E-state index in [1.807, 2.05) is 22.7 Å². The molecule has 3 rings (SSSR count). The number of hydrogen-bond donors (Lipinski definition) is 1. The molecule has 1 unspecified atom stereocenters. The number of benzene rings is 2. The van der Waals surface area contributed by atoms with Crippen LogP contribution in [0.2, 0.25) is 0 Å². The number of rotatable bonds is 5. The van der Waals surface area contributed by atoms with Gasteiger partial charge in [0.2, 0.25) is 0 Å². The molecule has 2 amide bonds. The van der Waals surface area contributed by atoms with Crippen molar-refractivity contribution in [1.29, 1.82) is 0 Å². The molecule has 0 spiro atoms. The van der Waals surface area contributed by atoms with E-state index in [2.05, 4.69) is 59.9 Å². The van der Waals surface area contributed by atoms with Gasteiger partial charge in [0.15, 0.2) is 0 Å². The molecule has 0 saturated carbocycles. The number of thioether (sulfide) groups is 1. The average Bonchev–Trinajstić information content (AvgIpc) is 2.93. The van der Waals surface area contributed by atoms with E-state index < -0.39 is 0 Å². The van der Waals surface area contributed by atoms with Gasteiger partial charge in [-0.2, -0.15) is 11.8 Å². The third-order valence-electron chi connectivity index (χ3n) is 4.56. The summed E-state index contributed by atoms with van der Waals surface area (Å²) in [6.45, 7) is 2.40. The summed E-state index contributed by atoms with van der Waals surface area (Å²) in [4.78, 5) is 14.4. The second kappa shape index (κ2) is 9.52.